The van der Waals surface area contributed by atoms with E-state index in [0.717, 1.165) is 12.1 Å². The van der Waals surface area contributed by atoms with Gasteiger partial charge in [-0.15, -0.1) is 10.2 Å². The minimum absolute atomic E-state index is 0.0950. The Morgan fingerprint density at radius 3 is 2.35 bits per heavy atom. The quantitative estimate of drug-likeness (QED) is 0.605. The highest BCUT2D eigenvalue weighted by Crippen LogP contribution is 2.33. The molecule has 0 bridgehead atoms. The third kappa shape index (κ3) is 4.07. The van der Waals surface area contributed by atoms with Crippen molar-refractivity contribution in [2.75, 3.05) is 0 Å². The lowest BCUT2D eigenvalue weighted by Gasteiger charge is -2.07. The molecule has 0 unspecified atom stereocenters. The molecule has 0 atom stereocenters. The summed E-state index contributed by atoms with van der Waals surface area (Å²) < 4.78 is 74.3. The number of hydrogen-bond acceptors (Lipinski definition) is 5. The molecular formula is C15H7ClF5N3O2. The first-order valence-electron chi connectivity index (χ1n) is 6.87. The molecule has 11 heteroatoms. The maximum Gasteiger partial charge on any atom is 0.417 e. The van der Waals surface area contributed by atoms with Gasteiger partial charge >= 0.3 is 6.18 Å². The van der Waals surface area contributed by atoms with E-state index < -0.39 is 23.4 Å². The number of halogens is 6. The van der Waals surface area contributed by atoms with Crippen LogP contribution in [0.5, 0.6) is 5.75 Å². The number of aromatic nitrogens is 3. The van der Waals surface area contributed by atoms with E-state index in [1.807, 2.05) is 0 Å². The van der Waals surface area contributed by atoms with Crippen molar-refractivity contribution in [2.24, 2.45) is 0 Å². The molecule has 0 radical (unpaired) electrons. The predicted octanol–water partition coefficient (Wildman–Crippen LogP) is 4.66. The van der Waals surface area contributed by atoms with E-state index in [0.29, 0.717) is 18.3 Å². The third-order valence-corrected chi connectivity index (χ3v) is 3.32. The van der Waals surface area contributed by atoms with Crippen molar-refractivity contribution in [1.82, 2.24) is 15.2 Å². The Labute approximate surface area is 147 Å². The zero-order valence-corrected chi connectivity index (χ0v) is 13.3. The first-order valence-corrected chi connectivity index (χ1v) is 7.24. The van der Waals surface area contributed by atoms with E-state index in [1.165, 1.54) is 0 Å². The Hall–Kier alpha value is -2.75. The largest absolute Gasteiger partial charge is 0.484 e. The zero-order valence-electron chi connectivity index (χ0n) is 12.5. The number of hydrogen-bond donors (Lipinski definition) is 0. The van der Waals surface area contributed by atoms with Crippen molar-refractivity contribution in [3.05, 3.63) is 58.6 Å². The van der Waals surface area contributed by atoms with Crippen LogP contribution in [0.2, 0.25) is 5.02 Å². The molecule has 0 aliphatic rings. The molecule has 2 heterocycles. The Bertz CT molecular complexity index is 925. The van der Waals surface area contributed by atoms with Crippen LogP contribution < -0.4 is 4.74 Å². The minimum Gasteiger partial charge on any atom is -0.484 e. The topological polar surface area (TPSA) is 61.0 Å². The number of pyridine rings is 1. The summed E-state index contributed by atoms with van der Waals surface area (Å²) in [7, 11) is 0. The predicted molar refractivity (Wildman–Crippen MR) is 78.2 cm³/mol. The van der Waals surface area contributed by atoms with Crippen molar-refractivity contribution >= 4 is 11.6 Å². The van der Waals surface area contributed by atoms with Gasteiger partial charge in [0.2, 0.25) is 0 Å². The molecule has 0 N–H and O–H groups in total. The van der Waals surface area contributed by atoms with Gasteiger partial charge in [-0.25, -0.2) is 13.8 Å². The molecule has 0 saturated heterocycles. The summed E-state index contributed by atoms with van der Waals surface area (Å²) in [5.74, 6) is -2.08. The van der Waals surface area contributed by atoms with Crippen LogP contribution in [0.4, 0.5) is 22.0 Å². The van der Waals surface area contributed by atoms with Crippen LogP contribution in [0.1, 0.15) is 11.5 Å². The Morgan fingerprint density at radius 1 is 1.04 bits per heavy atom. The normalized spacial score (nSPS) is 11.6. The van der Waals surface area contributed by atoms with E-state index in [9.17, 15) is 22.0 Å². The number of ether oxygens (including phenoxy) is 1. The summed E-state index contributed by atoms with van der Waals surface area (Å²) in [6, 6.07) is 3.26. The van der Waals surface area contributed by atoms with Crippen LogP contribution in [0.25, 0.3) is 11.6 Å². The van der Waals surface area contributed by atoms with Gasteiger partial charge in [0.05, 0.1) is 10.6 Å². The summed E-state index contributed by atoms with van der Waals surface area (Å²) >= 11 is 5.78. The highest BCUT2D eigenvalue weighted by Gasteiger charge is 2.32. The molecule has 0 saturated carbocycles. The van der Waals surface area contributed by atoms with Gasteiger partial charge in [-0.3, -0.25) is 0 Å². The van der Waals surface area contributed by atoms with E-state index in [2.05, 4.69) is 15.2 Å². The third-order valence-electron chi connectivity index (χ3n) is 3.04. The monoisotopic (exact) mass is 391 g/mol. The molecular weight excluding hydrogens is 385 g/mol. The molecule has 0 amide bonds. The second kappa shape index (κ2) is 6.87. The number of benzene rings is 1. The molecule has 0 fully saturated rings. The van der Waals surface area contributed by atoms with Crippen LogP contribution in [0.3, 0.4) is 0 Å². The molecule has 2 aromatic heterocycles. The standard InChI is InChI=1S/C15H7ClF5N3O2/c16-11-1-7(15(19,20)21)5-22-13(11)14-24-23-12(26-14)6-25-10-3-8(17)2-9(18)4-10/h1-5H,6H2. The molecule has 5 nitrogen and oxygen atoms in total. The van der Waals surface area contributed by atoms with Crippen LogP contribution >= 0.6 is 11.6 Å². The highest BCUT2D eigenvalue weighted by molar-refractivity contribution is 6.32. The summed E-state index contributed by atoms with van der Waals surface area (Å²) in [4.78, 5) is 3.58. The SMILES string of the molecule is Fc1cc(F)cc(OCc2nnc(-c3ncc(C(F)(F)F)cc3Cl)o2)c1. The van der Waals surface area contributed by atoms with Gasteiger partial charge in [0, 0.05) is 24.4 Å². The van der Waals surface area contributed by atoms with Crippen LogP contribution in [0, 0.1) is 11.6 Å². The van der Waals surface area contributed by atoms with E-state index in [4.69, 9.17) is 20.8 Å². The molecule has 0 aliphatic carbocycles. The van der Waals surface area contributed by atoms with Gasteiger partial charge in [-0.2, -0.15) is 13.2 Å². The van der Waals surface area contributed by atoms with Crippen LogP contribution in [-0.4, -0.2) is 15.2 Å². The minimum atomic E-state index is -4.59. The Morgan fingerprint density at radius 2 is 1.73 bits per heavy atom. The molecule has 1 aromatic carbocycles. The summed E-state index contributed by atoms with van der Waals surface area (Å²) in [5, 5.41) is 6.90. The van der Waals surface area contributed by atoms with Crippen LogP contribution in [-0.2, 0) is 12.8 Å². The molecule has 3 aromatic rings. The molecule has 0 spiro atoms. The fourth-order valence-electron chi connectivity index (χ4n) is 1.91. The van der Waals surface area contributed by atoms with E-state index in [1.54, 1.807) is 0 Å². The van der Waals surface area contributed by atoms with Crippen molar-refractivity contribution in [3.8, 4) is 17.3 Å². The summed E-state index contributed by atoms with van der Waals surface area (Å²) in [6.45, 7) is -0.325. The van der Waals surface area contributed by atoms with Crippen molar-refractivity contribution in [2.45, 2.75) is 12.8 Å². The molecule has 26 heavy (non-hydrogen) atoms. The first-order chi connectivity index (χ1) is 12.2. The fraction of sp³-hybridized carbons (Fsp3) is 0.133. The Kier molecular flexibility index (Phi) is 4.77. The molecule has 3 rings (SSSR count). The average molecular weight is 392 g/mol. The second-order valence-corrected chi connectivity index (χ2v) is 5.35. The lowest BCUT2D eigenvalue weighted by molar-refractivity contribution is -0.137. The second-order valence-electron chi connectivity index (χ2n) is 4.95. The van der Waals surface area contributed by atoms with Crippen LogP contribution in [0.15, 0.2) is 34.9 Å². The van der Waals surface area contributed by atoms with Crippen molar-refractivity contribution in [1.29, 1.82) is 0 Å². The van der Waals surface area contributed by atoms with Crippen molar-refractivity contribution < 1.29 is 31.1 Å². The number of alkyl halides is 3. The molecule has 136 valence electrons. The lowest BCUT2D eigenvalue weighted by Crippen LogP contribution is -2.05. The summed E-state index contributed by atoms with van der Waals surface area (Å²) in [5.41, 5.74) is -1.17. The highest BCUT2D eigenvalue weighted by atomic mass is 35.5. The van der Waals surface area contributed by atoms with Gasteiger partial charge < -0.3 is 9.15 Å². The van der Waals surface area contributed by atoms with Gasteiger partial charge in [0.15, 0.2) is 6.61 Å². The maximum atomic E-state index is 13.1. The average Bonchev–Trinajstić information content (AvgIpc) is 3.00. The zero-order chi connectivity index (χ0) is 18.9. The number of rotatable bonds is 4. The van der Waals surface area contributed by atoms with E-state index in [-0.39, 0.29) is 34.9 Å². The lowest BCUT2D eigenvalue weighted by atomic mass is 10.2. The first kappa shape index (κ1) is 18.1. The fourth-order valence-corrected chi connectivity index (χ4v) is 2.16. The van der Waals surface area contributed by atoms with Crippen molar-refractivity contribution in [3.63, 3.8) is 0 Å². The number of nitrogens with zero attached hydrogens (tertiary/aromatic N) is 3. The van der Waals surface area contributed by atoms with Gasteiger partial charge in [-0.05, 0) is 6.07 Å². The molecule has 0 aliphatic heterocycles. The maximum absolute atomic E-state index is 13.1. The Balaban J connectivity index is 1.75. The smallest absolute Gasteiger partial charge is 0.417 e. The summed E-state index contributed by atoms with van der Waals surface area (Å²) in [6.07, 6.45) is -4.01. The van der Waals surface area contributed by atoms with Gasteiger partial charge in [-0.1, -0.05) is 11.6 Å². The van der Waals surface area contributed by atoms with Gasteiger partial charge in [0.25, 0.3) is 11.8 Å². The van der Waals surface area contributed by atoms with E-state index >= 15 is 0 Å². The van der Waals surface area contributed by atoms with Gasteiger partial charge in [0.1, 0.15) is 23.1 Å².